The minimum absolute atomic E-state index is 0.121. The number of hydrogen-bond acceptors (Lipinski definition) is 3. The maximum atomic E-state index is 12.7. The summed E-state index contributed by atoms with van der Waals surface area (Å²) in [5.41, 5.74) is 1.84. The van der Waals surface area contributed by atoms with Crippen LogP contribution < -0.4 is 10.1 Å². The largest absolute Gasteiger partial charge is 0.492 e. The van der Waals surface area contributed by atoms with Crippen LogP contribution in [0.25, 0.3) is 0 Å². The molecule has 0 aliphatic heterocycles. The van der Waals surface area contributed by atoms with Crippen molar-refractivity contribution >= 4 is 5.91 Å². The number of benzene rings is 1. The monoisotopic (exact) mass is 291 g/mol. The lowest BCUT2D eigenvalue weighted by atomic mass is 10.3. The number of rotatable bonds is 6. The number of hydrogen-bond donors (Lipinski definition) is 1. The molecule has 0 bridgehead atoms. The molecular formula is C15H18FN3O2. The quantitative estimate of drug-likeness (QED) is 0.826. The van der Waals surface area contributed by atoms with Gasteiger partial charge in [0, 0.05) is 5.69 Å². The van der Waals surface area contributed by atoms with Crippen molar-refractivity contribution in [2.75, 3.05) is 13.2 Å². The van der Waals surface area contributed by atoms with E-state index in [9.17, 15) is 9.18 Å². The lowest BCUT2D eigenvalue weighted by molar-refractivity contribution is -0.122. The van der Waals surface area contributed by atoms with Crippen LogP contribution in [0.5, 0.6) is 5.75 Å². The number of aryl methyl sites for hydroxylation is 2. The molecule has 0 spiro atoms. The number of ether oxygens (including phenoxy) is 1. The predicted molar refractivity (Wildman–Crippen MR) is 76.6 cm³/mol. The van der Waals surface area contributed by atoms with Crippen LogP contribution in [0.4, 0.5) is 4.39 Å². The molecule has 0 unspecified atom stereocenters. The van der Waals surface area contributed by atoms with Crippen molar-refractivity contribution < 1.29 is 13.9 Å². The number of carbonyl (C=O) groups excluding carboxylic acids is 1. The predicted octanol–water partition coefficient (Wildman–Crippen LogP) is 1.83. The molecule has 0 atom stereocenters. The van der Waals surface area contributed by atoms with Gasteiger partial charge in [0.25, 0.3) is 0 Å². The molecule has 0 saturated carbocycles. The Balaban J connectivity index is 1.70. The summed E-state index contributed by atoms with van der Waals surface area (Å²) < 4.78 is 19.7. The highest BCUT2D eigenvalue weighted by atomic mass is 19.1. The van der Waals surface area contributed by atoms with Crippen LogP contribution in [0.15, 0.2) is 30.3 Å². The van der Waals surface area contributed by atoms with E-state index in [4.69, 9.17) is 4.74 Å². The van der Waals surface area contributed by atoms with Crippen LogP contribution in [0.1, 0.15) is 11.4 Å². The van der Waals surface area contributed by atoms with Crippen LogP contribution in [0.3, 0.4) is 0 Å². The number of carbonyl (C=O) groups is 1. The van der Waals surface area contributed by atoms with Gasteiger partial charge in [-0.1, -0.05) is 0 Å². The van der Waals surface area contributed by atoms with E-state index in [2.05, 4.69) is 10.4 Å². The highest BCUT2D eigenvalue weighted by molar-refractivity contribution is 5.75. The first-order chi connectivity index (χ1) is 10.0. The molecule has 0 saturated heterocycles. The van der Waals surface area contributed by atoms with Gasteiger partial charge in [0.05, 0.1) is 12.2 Å². The topological polar surface area (TPSA) is 56.2 Å². The van der Waals surface area contributed by atoms with E-state index in [0.717, 1.165) is 11.4 Å². The Morgan fingerprint density at radius 3 is 2.67 bits per heavy atom. The molecular weight excluding hydrogens is 273 g/mol. The fraction of sp³-hybridized carbons (Fsp3) is 0.333. The fourth-order valence-electron chi connectivity index (χ4n) is 1.92. The summed E-state index contributed by atoms with van der Waals surface area (Å²) in [4.78, 5) is 11.8. The average Bonchev–Trinajstić information content (AvgIpc) is 2.75. The van der Waals surface area contributed by atoms with Gasteiger partial charge in [0.1, 0.15) is 24.7 Å². The van der Waals surface area contributed by atoms with E-state index in [1.54, 1.807) is 16.8 Å². The minimum atomic E-state index is -0.305. The van der Waals surface area contributed by atoms with Crippen molar-refractivity contribution in [2.45, 2.75) is 20.4 Å². The molecule has 0 aliphatic rings. The number of halogens is 1. The first-order valence-corrected chi connectivity index (χ1v) is 6.71. The Kier molecular flexibility index (Phi) is 4.92. The molecule has 21 heavy (non-hydrogen) atoms. The van der Waals surface area contributed by atoms with Crippen LogP contribution >= 0.6 is 0 Å². The highest BCUT2D eigenvalue weighted by Gasteiger charge is 2.06. The second-order valence-electron chi connectivity index (χ2n) is 4.74. The van der Waals surface area contributed by atoms with Crippen molar-refractivity contribution in [1.82, 2.24) is 15.1 Å². The van der Waals surface area contributed by atoms with E-state index in [0.29, 0.717) is 18.9 Å². The van der Waals surface area contributed by atoms with Crippen molar-refractivity contribution in [3.63, 3.8) is 0 Å². The lowest BCUT2D eigenvalue weighted by Crippen LogP contribution is -2.31. The van der Waals surface area contributed by atoms with Gasteiger partial charge in [-0.3, -0.25) is 9.48 Å². The van der Waals surface area contributed by atoms with Gasteiger partial charge >= 0.3 is 0 Å². The van der Waals surface area contributed by atoms with Gasteiger partial charge in [-0.2, -0.15) is 5.10 Å². The molecule has 1 amide bonds. The van der Waals surface area contributed by atoms with Gasteiger partial charge in [0.15, 0.2) is 0 Å². The molecule has 1 heterocycles. The summed E-state index contributed by atoms with van der Waals surface area (Å²) >= 11 is 0. The Morgan fingerprint density at radius 2 is 2.05 bits per heavy atom. The van der Waals surface area contributed by atoms with Gasteiger partial charge in [-0.25, -0.2) is 4.39 Å². The molecule has 0 radical (unpaired) electrons. The van der Waals surface area contributed by atoms with Gasteiger partial charge in [-0.15, -0.1) is 0 Å². The zero-order valence-electron chi connectivity index (χ0n) is 12.1. The summed E-state index contributed by atoms with van der Waals surface area (Å²) in [6.07, 6.45) is 0. The number of nitrogens with one attached hydrogen (secondary N) is 1. The Bertz CT molecular complexity index is 608. The van der Waals surface area contributed by atoms with E-state index < -0.39 is 0 Å². The smallest absolute Gasteiger partial charge is 0.241 e. The van der Waals surface area contributed by atoms with Crippen LogP contribution in [-0.4, -0.2) is 28.8 Å². The van der Waals surface area contributed by atoms with Crippen molar-refractivity contribution in [3.05, 3.63) is 47.5 Å². The van der Waals surface area contributed by atoms with Crippen molar-refractivity contribution in [1.29, 1.82) is 0 Å². The summed E-state index contributed by atoms with van der Waals surface area (Å²) in [5, 5.41) is 6.97. The van der Waals surface area contributed by atoms with Gasteiger partial charge in [0.2, 0.25) is 5.91 Å². The summed E-state index contributed by atoms with van der Waals surface area (Å²) in [7, 11) is 0. The number of nitrogens with zero attached hydrogens (tertiary/aromatic N) is 2. The van der Waals surface area contributed by atoms with Gasteiger partial charge in [-0.05, 0) is 44.2 Å². The minimum Gasteiger partial charge on any atom is -0.492 e. The van der Waals surface area contributed by atoms with E-state index in [1.807, 2.05) is 19.9 Å². The SMILES string of the molecule is Cc1cc(C)n(CC(=O)NCCOc2ccc(F)cc2)n1. The second kappa shape index (κ2) is 6.88. The number of aromatic nitrogens is 2. The molecule has 0 fully saturated rings. The highest BCUT2D eigenvalue weighted by Crippen LogP contribution is 2.10. The zero-order valence-corrected chi connectivity index (χ0v) is 12.1. The standard InChI is InChI=1S/C15H18FN3O2/c1-11-9-12(2)19(18-11)10-15(20)17-7-8-21-14-5-3-13(16)4-6-14/h3-6,9H,7-8,10H2,1-2H3,(H,17,20). The van der Waals surface area contributed by atoms with Crippen molar-refractivity contribution in [2.24, 2.45) is 0 Å². The lowest BCUT2D eigenvalue weighted by Gasteiger charge is -2.08. The molecule has 1 aromatic carbocycles. The van der Waals surface area contributed by atoms with E-state index in [-0.39, 0.29) is 18.3 Å². The fourth-order valence-corrected chi connectivity index (χ4v) is 1.92. The third-order valence-electron chi connectivity index (χ3n) is 2.90. The van der Waals surface area contributed by atoms with Crippen LogP contribution in [0.2, 0.25) is 0 Å². The molecule has 0 aliphatic carbocycles. The first kappa shape index (κ1) is 15.0. The Morgan fingerprint density at radius 1 is 1.33 bits per heavy atom. The van der Waals surface area contributed by atoms with Crippen LogP contribution in [0, 0.1) is 19.7 Å². The molecule has 5 nitrogen and oxygen atoms in total. The molecule has 1 N–H and O–H groups in total. The zero-order chi connectivity index (χ0) is 15.2. The molecule has 6 heteroatoms. The summed E-state index contributed by atoms with van der Waals surface area (Å²) in [6.45, 7) is 4.70. The normalized spacial score (nSPS) is 10.4. The van der Waals surface area contributed by atoms with E-state index >= 15 is 0 Å². The molecule has 1 aromatic heterocycles. The first-order valence-electron chi connectivity index (χ1n) is 6.71. The maximum absolute atomic E-state index is 12.7. The molecule has 112 valence electrons. The van der Waals surface area contributed by atoms with E-state index in [1.165, 1.54) is 12.1 Å². The molecule has 2 aromatic rings. The molecule has 2 rings (SSSR count). The Labute approximate surface area is 122 Å². The maximum Gasteiger partial charge on any atom is 0.241 e. The second-order valence-corrected chi connectivity index (χ2v) is 4.74. The van der Waals surface area contributed by atoms with Crippen molar-refractivity contribution in [3.8, 4) is 5.75 Å². The summed E-state index contributed by atoms with van der Waals surface area (Å²) in [6, 6.07) is 7.68. The van der Waals surface area contributed by atoms with Gasteiger partial charge < -0.3 is 10.1 Å². The van der Waals surface area contributed by atoms with Crippen LogP contribution in [-0.2, 0) is 11.3 Å². The number of amides is 1. The average molecular weight is 291 g/mol. The third kappa shape index (κ3) is 4.59. The summed E-state index contributed by atoms with van der Waals surface area (Å²) in [5.74, 6) is 0.147. The Hall–Kier alpha value is -2.37. The third-order valence-corrected chi connectivity index (χ3v) is 2.90.